The van der Waals surface area contributed by atoms with Crippen molar-refractivity contribution in [2.75, 3.05) is 0 Å². The highest BCUT2D eigenvalue weighted by Gasteiger charge is 2.36. The number of carbonyl (C=O) groups is 2. The predicted molar refractivity (Wildman–Crippen MR) is 104 cm³/mol. The van der Waals surface area contributed by atoms with Crippen LogP contribution in [0.5, 0.6) is 0 Å². The van der Waals surface area contributed by atoms with E-state index in [0.29, 0.717) is 22.6 Å². The van der Waals surface area contributed by atoms with Crippen molar-refractivity contribution in [3.63, 3.8) is 0 Å². The fourth-order valence-electron chi connectivity index (χ4n) is 4.18. The first-order chi connectivity index (χ1) is 12.6. The van der Waals surface area contributed by atoms with Crippen molar-refractivity contribution in [3.05, 3.63) is 80.8 Å². The number of allylic oxidation sites excluding steroid dienone is 2. The molecule has 132 valence electrons. The first-order valence-electron chi connectivity index (χ1n) is 8.90. The third-order valence-corrected chi connectivity index (χ3v) is 6.20. The van der Waals surface area contributed by atoms with Crippen LogP contribution in [-0.4, -0.2) is 11.6 Å². The van der Waals surface area contributed by atoms with Crippen molar-refractivity contribution < 1.29 is 9.59 Å². The first kappa shape index (κ1) is 17.5. The third kappa shape index (κ3) is 3.02. The van der Waals surface area contributed by atoms with Crippen molar-refractivity contribution in [2.45, 2.75) is 31.6 Å². The van der Waals surface area contributed by atoms with Crippen LogP contribution < -0.4 is 0 Å². The molecule has 2 aliphatic carbocycles. The van der Waals surface area contributed by atoms with E-state index in [4.69, 9.17) is 23.2 Å². The lowest BCUT2D eigenvalue weighted by Crippen LogP contribution is -2.27. The fraction of sp³-hybridized carbons (Fsp3) is 0.273. The highest BCUT2D eigenvalue weighted by molar-refractivity contribution is 6.50. The molecule has 2 nitrogen and oxygen atoms in total. The molecule has 2 aromatic carbocycles. The van der Waals surface area contributed by atoms with Crippen LogP contribution in [0, 0.1) is 5.92 Å². The van der Waals surface area contributed by atoms with E-state index in [2.05, 4.69) is 12.1 Å². The van der Waals surface area contributed by atoms with E-state index in [1.807, 2.05) is 12.1 Å². The van der Waals surface area contributed by atoms with E-state index in [1.165, 1.54) is 5.56 Å². The molecule has 0 bridgehead atoms. The normalized spacial score (nSPS) is 23.2. The molecule has 0 aliphatic heterocycles. The number of fused-ring (bicyclic) bond motifs is 1. The molecule has 0 heterocycles. The number of benzene rings is 2. The number of hydrogen-bond donors (Lipinski definition) is 0. The van der Waals surface area contributed by atoms with Gasteiger partial charge < -0.3 is 0 Å². The summed E-state index contributed by atoms with van der Waals surface area (Å²) in [6, 6.07) is 14.9. The van der Waals surface area contributed by atoms with Crippen LogP contribution in [0.25, 0.3) is 0 Å². The van der Waals surface area contributed by atoms with Crippen LogP contribution in [0.2, 0.25) is 5.02 Å². The second-order valence-corrected chi connectivity index (χ2v) is 7.85. The second kappa shape index (κ2) is 7.02. The Hall–Kier alpha value is -1.90. The van der Waals surface area contributed by atoms with Gasteiger partial charge in [0, 0.05) is 21.7 Å². The minimum Gasteiger partial charge on any atom is -0.289 e. The molecule has 4 heteroatoms. The Morgan fingerprint density at radius 1 is 0.692 bits per heavy atom. The van der Waals surface area contributed by atoms with E-state index >= 15 is 0 Å². The summed E-state index contributed by atoms with van der Waals surface area (Å²) in [5.41, 5.74) is 2.70. The van der Waals surface area contributed by atoms with Crippen molar-refractivity contribution >= 4 is 34.8 Å². The molecule has 1 saturated carbocycles. The van der Waals surface area contributed by atoms with Gasteiger partial charge in [-0.3, -0.25) is 9.59 Å². The van der Waals surface area contributed by atoms with Gasteiger partial charge in [0.05, 0.1) is 5.03 Å². The first-order valence-corrected chi connectivity index (χ1v) is 9.65. The lowest BCUT2D eigenvalue weighted by Gasteiger charge is -2.32. The van der Waals surface area contributed by atoms with Crippen molar-refractivity contribution in [1.29, 1.82) is 0 Å². The van der Waals surface area contributed by atoms with Crippen LogP contribution in [0.3, 0.4) is 0 Å². The molecule has 0 spiro atoms. The zero-order chi connectivity index (χ0) is 18.3. The van der Waals surface area contributed by atoms with E-state index < -0.39 is 0 Å². The summed E-state index contributed by atoms with van der Waals surface area (Å²) in [5, 5.41) is 0.855. The lowest BCUT2D eigenvalue weighted by atomic mass is 9.72. The topological polar surface area (TPSA) is 34.1 Å². The van der Waals surface area contributed by atoms with Gasteiger partial charge in [0.2, 0.25) is 5.78 Å². The van der Waals surface area contributed by atoms with Gasteiger partial charge in [-0.25, -0.2) is 0 Å². The quantitative estimate of drug-likeness (QED) is 0.618. The summed E-state index contributed by atoms with van der Waals surface area (Å²) < 4.78 is 0. The van der Waals surface area contributed by atoms with E-state index in [1.54, 1.807) is 24.3 Å². The molecule has 0 unspecified atom stereocenters. The molecule has 2 aromatic rings. The van der Waals surface area contributed by atoms with Crippen LogP contribution in [0.4, 0.5) is 0 Å². The molecule has 2 aliphatic rings. The Morgan fingerprint density at radius 2 is 1.23 bits per heavy atom. The molecule has 0 N–H and O–H groups in total. The maximum Gasteiger partial charge on any atom is 0.205 e. The van der Waals surface area contributed by atoms with Gasteiger partial charge in [0.25, 0.3) is 0 Å². The van der Waals surface area contributed by atoms with Crippen LogP contribution in [0.15, 0.2) is 59.1 Å². The summed E-state index contributed by atoms with van der Waals surface area (Å²) in [6.07, 6.45) is 3.67. The molecule has 0 radical (unpaired) electrons. The van der Waals surface area contributed by atoms with Crippen molar-refractivity contribution in [2.24, 2.45) is 5.92 Å². The molecule has 0 saturated heterocycles. The lowest BCUT2D eigenvalue weighted by molar-refractivity contribution is 0.0966. The molecular formula is C22H18Cl2O2. The summed E-state index contributed by atoms with van der Waals surface area (Å²) >= 11 is 12.3. The maximum absolute atomic E-state index is 13.0. The molecule has 0 amide bonds. The van der Waals surface area contributed by atoms with Gasteiger partial charge in [0.1, 0.15) is 0 Å². The Balaban J connectivity index is 1.56. The average Bonchev–Trinajstić information content (AvgIpc) is 2.68. The number of hydrogen-bond acceptors (Lipinski definition) is 2. The largest absolute Gasteiger partial charge is 0.289 e. The van der Waals surface area contributed by atoms with Gasteiger partial charge in [-0.15, -0.1) is 0 Å². The van der Waals surface area contributed by atoms with Gasteiger partial charge in [-0.05, 0) is 55.2 Å². The Bertz CT molecular complexity index is 904. The monoisotopic (exact) mass is 384 g/mol. The smallest absolute Gasteiger partial charge is 0.205 e. The van der Waals surface area contributed by atoms with Crippen LogP contribution in [0.1, 0.15) is 57.9 Å². The predicted octanol–water partition coefficient (Wildman–Crippen LogP) is 6.19. The van der Waals surface area contributed by atoms with E-state index in [9.17, 15) is 9.59 Å². The molecule has 1 fully saturated rings. The summed E-state index contributed by atoms with van der Waals surface area (Å²) in [4.78, 5) is 25.5. The van der Waals surface area contributed by atoms with E-state index in [-0.39, 0.29) is 22.5 Å². The number of carbonyl (C=O) groups excluding carboxylic acids is 2. The number of ketones is 2. The number of halogens is 2. The van der Waals surface area contributed by atoms with Crippen molar-refractivity contribution in [1.82, 2.24) is 0 Å². The number of rotatable bonds is 2. The highest BCUT2D eigenvalue weighted by atomic mass is 35.5. The standard InChI is InChI=1S/C22H18Cl2O2/c23-16-11-9-14(10-12-16)13-5-7-15(8-6-13)19-20(24)22(26)18-4-2-1-3-17(18)21(19)25/h1-4,9-13,15H,5-8H2/t13-,15-. The van der Waals surface area contributed by atoms with Gasteiger partial charge >= 0.3 is 0 Å². The van der Waals surface area contributed by atoms with Gasteiger partial charge in [-0.1, -0.05) is 59.6 Å². The Kier molecular flexibility index (Phi) is 4.73. The summed E-state index contributed by atoms with van der Waals surface area (Å²) in [5.74, 6) is 0.206. The zero-order valence-electron chi connectivity index (χ0n) is 14.2. The minimum absolute atomic E-state index is 0.0517. The molecule has 26 heavy (non-hydrogen) atoms. The molecule has 4 rings (SSSR count). The number of Topliss-reactive ketones (excluding diaryl/α,β-unsaturated/α-hetero) is 2. The molecule has 0 aromatic heterocycles. The highest BCUT2D eigenvalue weighted by Crippen LogP contribution is 2.43. The maximum atomic E-state index is 13.0. The average molecular weight is 385 g/mol. The van der Waals surface area contributed by atoms with Gasteiger partial charge in [-0.2, -0.15) is 0 Å². The Morgan fingerprint density at radius 3 is 1.85 bits per heavy atom. The fourth-order valence-corrected chi connectivity index (χ4v) is 4.65. The minimum atomic E-state index is -0.225. The second-order valence-electron chi connectivity index (χ2n) is 7.03. The van der Waals surface area contributed by atoms with Gasteiger partial charge in [0.15, 0.2) is 5.78 Å². The zero-order valence-corrected chi connectivity index (χ0v) is 15.7. The summed E-state index contributed by atoms with van der Waals surface area (Å²) in [7, 11) is 0. The van der Waals surface area contributed by atoms with Crippen molar-refractivity contribution in [3.8, 4) is 0 Å². The molecular weight excluding hydrogens is 367 g/mol. The van der Waals surface area contributed by atoms with E-state index in [0.717, 1.165) is 30.7 Å². The SMILES string of the molecule is O=C1C(Cl)=C([C@H]2CC[C@H](c3ccc(Cl)cc3)CC2)C(=O)c2ccccc21. The summed E-state index contributed by atoms with van der Waals surface area (Å²) in [6.45, 7) is 0. The third-order valence-electron chi connectivity index (χ3n) is 5.57. The Labute approximate surface area is 162 Å². The van der Waals surface area contributed by atoms with Crippen LogP contribution in [-0.2, 0) is 0 Å². The molecule has 0 atom stereocenters. The van der Waals surface area contributed by atoms with Crippen LogP contribution >= 0.6 is 23.2 Å².